The van der Waals surface area contributed by atoms with Crippen molar-refractivity contribution >= 4 is 17.3 Å². The van der Waals surface area contributed by atoms with Crippen LogP contribution in [-0.4, -0.2) is 41.8 Å². The Bertz CT molecular complexity index is 524. The summed E-state index contributed by atoms with van der Waals surface area (Å²) in [6.45, 7) is 1.10. The van der Waals surface area contributed by atoms with E-state index in [1.54, 1.807) is 11.3 Å². The van der Waals surface area contributed by atoms with Crippen LogP contribution in [0.2, 0.25) is 0 Å². The molecule has 0 saturated heterocycles. The molecule has 102 valence electrons. The molecule has 2 aromatic heterocycles. The SMILES string of the molecule is COC(=O)CCN(C)Cc1nnc(-c2cccs2)o1. The van der Waals surface area contributed by atoms with Crippen molar-refractivity contribution in [3.05, 3.63) is 23.4 Å². The first-order valence-corrected chi connectivity index (χ1v) is 6.68. The number of ether oxygens (including phenoxy) is 1. The van der Waals surface area contributed by atoms with Gasteiger partial charge in [-0.3, -0.25) is 9.69 Å². The van der Waals surface area contributed by atoms with E-state index in [4.69, 9.17) is 4.42 Å². The number of esters is 1. The molecule has 2 aromatic rings. The Labute approximate surface area is 115 Å². The fraction of sp³-hybridized carbons (Fsp3) is 0.417. The van der Waals surface area contributed by atoms with Crippen LogP contribution < -0.4 is 0 Å². The second-order valence-electron chi connectivity index (χ2n) is 4.04. The lowest BCUT2D eigenvalue weighted by molar-refractivity contribution is -0.140. The highest BCUT2D eigenvalue weighted by Gasteiger charge is 2.12. The molecule has 0 unspecified atom stereocenters. The van der Waals surface area contributed by atoms with Gasteiger partial charge in [0.15, 0.2) is 0 Å². The third-order valence-corrected chi connectivity index (χ3v) is 3.39. The second-order valence-corrected chi connectivity index (χ2v) is 4.99. The molecule has 7 heteroatoms. The van der Waals surface area contributed by atoms with Crippen molar-refractivity contribution in [2.24, 2.45) is 0 Å². The largest absolute Gasteiger partial charge is 0.469 e. The van der Waals surface area contributed by atoms with Gasteiger partial charge in [-0.05, 0) is 18.5 Å². The third kappa shape index (κ3) is 3.87. The highest BCUT2D eigenvalue weighted by molar-refractivity contribution is 7.13. The molecule has 0 aliphatic carbocycles. The molecule has 0 saturated carbocycles. The number of hydrogen-bond donors (Lipinski definition) is 0. The first-order valence-electron chi connectivity index (χ1n) is 5.80. The lowest BCUT2D eigenvalue weighted by Gasteiger charge is -2.12. The first kappa shape index (κ1) is 13.7. The van der Waals surface area contributed by atoms with Crippen LogP contribution in [0.3, 0.4) is 0 Å². The minimum absolute atomic E-state index is 0.225. The quantitative estimate of drug-likeness (QED) is 0.752. The molecule has 2 rings (SSSR count). The molecule has 0 fully saturated rings. The van der Waals surface area contributed by atoms with Crippen molar-refractivity contribution in [2.45, 2.75) is 13.0 Å². The lowest BCUT2D eigenvalue weighted by atomic mass is 10.4. The van der Waals surface area contributed by atoms with E-state index in [2.05, 4.69) is 14.9 Å². The van der Waals surface area contributed by atoms with Crippen molar-refractivity contribution in [2.75, 3.05) is 20.7 Å². The zero-order valence-corrected chi connectivity index (χ0v) is 11.6. The molecule has 6 nitrogen and oxygen atoms in total. The summed E-state index contributed by atoms with van der Waals surface area (Å²) in [7, 11) is 3.27. The van der Waals surface area contributed by atoms with Crippen LogP contribution in [0.25, 0.3) is 10.8 Å². The van der Waals surface area contributed by atoms with Gasteiger partial charge in [0, 0.05) is 6.54 Å². The number of carbonyl (C=O) groups is 1. The minimum Gasteiger partial charge on any atom is -0.469 e. The molecule has 0 N–H and O–H groups in total. The van der Waals surface area contributed by atoms with Gasteiger partial charge < -0.3 is 9.15 Å². The fourth-order valence-electron chi connectivity index (χ4n) is 1.51. The maximum atomic E-state index is 11.0. The van der Waals surface area contributed by atoms with Gasteiger partial charge >= 0.3 is 5.97 Å². The van der Waals surface area contributed by atoms with Gasteiger partial charge in [-0.25, -0.2) is 0 Å². The van der Waals surface area contributed by atoms with Crippen LogP contribution >= 0.6 is 11.3 Å². The Hall–Kier alpha value is -1.73. The summed E-state index contributed by atoms with van der Waals surface area (Å²) in [4.78, 5) is 13.9. The summed E-state index contributed by atoms with van der Waals surface area (Å²) >= 11 is 1.55. The van der Waals surface area contributed by atoms with E-state index < -0.39 is 0 Å². The van der Waals surface area contributed by atoms with E-state index in [1.807, 2.05) is 29.5 Å². The van der Waals surface area contributed by atoms with Crippen molar-refractivity contribution < 1.29 is 13.9 Å². The van der Waals surface area contributed by atoms with Crippen LogP contribution in [0.1, 0.15) is 12.3 Å². The fourth-order valence-corrected chi connectivity index (χ4v) is 2.16. The average molecular weight is 281 g/mol. The topological polar surface area (TPSA) is 68.5 Å². The van der Waals surface area contributed by atoms with Gasteiger partial charge in [0.1, 0.15) is 0 Å². The van der Waals surface area contributed by atoms with Crippen molar-refractivity contribution in [1.82, 2.24) is 15.1 Å². The van der Waals surface area contributed by atoms with Gasteiger partial charge in [-0.15, -0.1) is 21.5 Å². The molecule has 19 heavy (non-hydrogen) atoms. The molecule has 0 bridgehead atoms. The standard InChI is InChI=1S/C12H15N3O3S/c1-15(6-5-11(16)17-2)8-10-13-14-12(18-10)9-4-3-7-19-9/h3-4,7H,5-6,8H2,1-2H3. The molecule has 0 radical (unpaired) electrons. The van der Waals surface area contributed by atoms with E-state index in [1.165, 1.54) is 7.11 Å². The highest BCUT2D eigenvalue weighted by Crippen LogP contribution is 2.23. The molecular weight excluding hydrogens is 266 g/mol. The summed E-state index contributed by atoms with van der Waals surface area (Å²) in [6.07, 6.45) is 0.346. The Kier molecular flexibility index (Phi) is 4.64. The number of aromatic nitrogens is 2. The smallest absolute Gasteiger partial charge is 0.306 e. The van der Waals surface area contributed by atoms with E-state index in [9.17, 15) is 4.79 Å². The van der Waals surface area contributed by atoms with Gasteiger partial charge in [-0.2, -0.15) is 0 Å². The maximum Gasteiger partial charge on any atom is 0.306 e. The summed E-state index contributed by atoms with van der Waals surface area (Å²) in [6, 6.07) is 3.87. The third-order valence-electron chi connectivity index (χ3n) is 2.53. The summed E-state index contributed by atoms with van der Waals surface area (Å²) < 4.78 is 10.2. The lowest BCUT2D eigenvalue weighted by Crippen LogP contribution is -2.22. The van der Waals surface area contributed by atoms with Crippen LogP contribution in [0.4, 0.5) is 0 Å². The first-order chi connectivity index (χ1) is 9.19. The molecule has 2 heterocycles. The van der Waals surface area contributed by atoms with E-state index in [-0.39, 0.29) is 5.97 Å². The van der Waals surface area contributed by atoms with Gasteiger partial charge in [0.2, 0.25) is 5.89 Å². The van der Waals surface area contributed by atoms with E-state index in [0.29, 0.717) is 31.3 Å². The Morgan fingerprint density at radius 1 is 1.53 bits per heavy atom. The predicted octanol–water partition coefficient (Wildman–Crippen LogP) is 1.79. The monoisotopic (exact) mass is 281 g/mol. The summed E-state index contributed by atoms with van der Waals surface area (Å²) in [5, 5.41) is 9.95. The highest BCUT2D eigenvalue weighted by atomic mass is 32.1. The van der Waals surface area contributed by atoms with Crippen LogP contribution in [0, 0.1) is 0 Å². The Morgan fingerprint density at radius 3 is 3.05 bits per heavy atom. The van der Waals surface area contributed by atoms with Gasteiger partial charge in [0.25, 0.3) is 5.89 Å². The van der Waals surface area contributed by atoms with Crippen LogP contribution in [0.15, 0.2) is 21.9 Å². The number of thiophene rings is 1. The van der Waals surface area contributed by atoms with Crippen molar-refractivity contribution in [3.8, 4) is 10.8 Å². The van der Waals surface area contributed by atoms with E-state index in [0.717, 1.165) is 4.88 Å². The van der Waals surface area contributed by atoms with Crippen molar-refractivity contribution in [3.63, 3.8) is 0 Å². The number of carbonyl (C=O) groups excluding carboxylic acids is 1. The molecule has 0 aliphatic rings. The molecule has 0 spiro atoms. The minimum atomic E-state index is -0.225. The van der Waals surface area contributed by atoms with Crippen LogP contribution in [-0.2, 0) is 16.1 Å². The van der Waals surface area contributed by atoms with Crippen molar-refractivity contribution in [1.29, 1.82) is 0 Å². The van der Waals surface area contributed by atoms with Gasteiger partial charge in [0.05, 0.1) is 25.0 Å². The zero-order valence-electron chi connectivity index (χ0n) is 10.8. The molecule has 0 aliphatic heterocycles. The number of nitrogens with zero attached hydrogens (tertiary/aromatic N) is 3. The summed E-state index contributed by atoms with van der Waals surface area (Å²) in [5.41, 5.74) is 0. The van der Waals surface area contributed by atoms with Gasteiger partial charge in [-0.1, -0.05) is 6.07 Å². The van der Waals surface area contributed by atoms with Crippen LogP contribution in [0.5, 0.6) is 0 Å². The second kappa shape index (κ2) is 6.44. The average Bonchev–Trinajstić information content (AvgIpc) is 3.06. The normalized spacial score (nSPS) is 10.9. The molecule has 0 aromatic carbocycles. The molecule has 0 atom stereocenters. The number of hydrogen-bond acceptors (Lipinski definition) is 7. The Morgan fingerprint density at radius 2 is 2.37 bits per heavy atom. The number of methoxy groups -OCH3 is 1. The Balaban J connectivity index is 1.88. The van der Waals surface area contributed by atoms with E-state index >= 15 is 0 Å². The summed E-state index contributed by atoms with van der Waals surface area (Å²) in [5.74, 6) is 0.846. The maximum absolute atomic E-state index is 11.0. The predicted molar refractivity (Wildman–Crippen MR) is 70.6 cm³/mol. The molecular formula is C12H15N3O3S. The number of rotatable bonds is 6. The zero-order chi connectivity index (χ0) is 13.7. The molecule has 0 amide bonds.